The topological polar surface area (TPSA) is 21.3 Å². The molecular formula is C62H40N2O. The maximum atomic E-state index is 6.46. The summed E-state index contributed by atoms with van der Waals surface area (Å²) in [4.78, 5) is 2.46. The number of hydrogen-bond acceptors (Lipinski definition) is 2. The van der Waals surface area contributed by atoms with Crippen LogP contribution in [-0.2, 0) is 0 Å². The zero-order valence-electron chi connectivity index (χ0n) is 35.4. The molecular weight excluding hydrogens is 789 g/mol. The number of furan rings is 1. The average Bonchev–Trinajstić information content (AvgIpc) is 3.93. The van der Waals surface area contributed by atoms with E-state index in [1.54, 1.807) is 0 Å². The standard InChI is InChI=1S/C62H40N2O/c1-2-19-44-42(18-1)40-54(47-22-4-3-21-46(44)47)51-26-9-13-31-57(51)63(56-30-12-8-25-50(56)52-28-17-35-61-62(52)53-27-10-16-34-60(53)65-61)43-38-36-41(37-39-43)45-20-5-11-29-55(45)64-58-32-14-6-23-48(58)49-24-7-15-33-59(49)64/h1-40H. The molecule has 0 amide bonds. The van der Waals surface area contributed by atoms with Gasteiger partial charge in [-0.1, -0.05) is 182 Å². The van der Waals surface area contributed by atoms with Crippen molar-refractivity contribution in [2.45, 2.75) is 0 Å². The van der Waals surface area contributed by atoms with Crippen molar-refractivity contribution in [3.8, 4) is 39.1 Å². The van der Waals surface area contributed by atoms with Crippen LogP contribution in [0.1, 0.15) is 0 Å². The van der Waals surface area contributed by atoms with Crippen LogP contribution >= 0.6 is 0 Å². The Hall–Kier alpha value is -8.66. The molecule has 11 aromatic carbocycles. The van der Waals surface area contributed by atoms with Crippen LogP contribution in [0.4, 0.5) is 17.1 Å². The predicted octanol–water partition coefficient (Wildman–Crippen LogP) is 17.5. The van der Waals surface area contributed by atoms with E-state index in [4.69, 9.17) is 4.42 Å². The summed E-state index contributed by atoms with van der Waals surface area (Å²) < 4.78 is 8.88. The van der Waals surface area contributed by atoms with Gasteiger partial charge in [-0.25, -0.2) is 0 Å². The lowest BCUT2D eigenvalue weighted by molar-refractivity contribution is 0.669. The predicted molar refractivity (Wildman–Crippen MR) is 274 cm³/mol. The Morgan fingerprint density at radius 1 is 0.323 bits per heavy atom. The highest BCUT2D eigenvalue weighted by molar-refractivity contribution is 6.17. The zero-order chi connectivity index (χ0) is 42.8. The Morgan fingerprint density at radius 3 is 1.55 bits per heavy atom. The first-order chi connectivity index (χ1) is 32.3. The van der Waals surface area contributed by atoms with Crippen molar-refractivity contribution in [1.82, 2.24) is 4.57 Å². The lowest BCUT2D eigenvalue weighted by atomic mass is 9.91. The summed E-state index contributed by atoms with van der Waals surface area (Å²) in [6, 6.07) is 87.8. The quantitative estimate of drug-likeness (QED) is 0.149. The number of para-hydroxylation sites is 6. The van der Waals surface area contributed by atoms with Crippen LogP contribution < -0.4 is 4.90 Å². The van der Waals surface area contributed by atoms with Crippen LogP contribution in [0.3, 0.4) is 0 Å². The number of benzene rings is 11. The Bertz CT molecular complexity index is 3910. The molecule has 13 rings (SSSR count). The Balaban J connectivity index is 1.04. The molecule has 65 heavy (non-hydrogen) atoms. The Morgan fingerprint density at radius 2 is 0.831 bits per heavy atom. The zero-order valence-corrected chi connectivity index (χ0v) is 35.4. The smallest absolute Gasteiger partial charge is 0.136 e. The van der Waals surface area contributed by atoms with Gasteiger partial charge < -0.3 is 13.9 Å². The van der Waals surface area contributed by atoms with Gasteiger partial charge in [0.05, 0.1) is 28.1 Å². The summed E-state index contributed by atoms with van der Waals surface area (Å²) >= 11 is 0. The van der Waals surface area contributed by atoms with Crippen molar-refractivity contribution in [3.63, 3.8) is 0 Å². The number of fused-ring (bicyclic) bond motifs is 9. The summed E-state index contributed by atoms with van der Waals surface area (Å²) in [5, 5.41) is 9.65. The molecule has 0 aliphatic rings. The molecule has 3 heteroatoms. The fraction of sp³-hybridized carbons (Fsp3) is 0. The van der Waals surface area contributed by atoms with Gasteiger partial charge in [-0.2, -0.15) is 0 Å². The fourth-order valence-electron chi connectivity index (χ4n) is 10.4. The highest BCUT2D eigenvalue weighted by Crippen LogP contribution is 2.49. The molecule has 2 heterocycles. The number of anilines is 3. The Kier molecular flexibility index (Phi) is 8.53. The monoisotopic (exact) mass is 828 g/mol. The molecule has 304 valence electrons. The molecule has 0 saturated heterocycles. The summed E-state index contributed by atoms with van der Waals surface area (Å²) in [6.07, 6.45) is 0. The number of rotatable bonds is 7. The minimum atomic E-state index is 0.874. The van der Waals surface area contributed by atoms with Gasteiger partial charge in [0.15, 0.2) is 0 Å². The van der Waals surface area contributed by atoms with Crippen molar-refractivity contribution in [3.05, 3.63) is 243 Å². The van der Waals surface area contributed by atoms with Crippen LogP contribution in [0.15, 0.2) is 247 Å². The summed E-state index contributed by atoms with van der Waals surface area (Å²) in [7, 11) is 0. The van der Waals surface area contributed by atoms with Gasteiger partial charge in [0.2, 0.25) is 0 Å². The SMILES string of the molecule is c1ccc(N(c2ccc(-c3ccccc3-n3c4ccccc4c4ccccc43)cc2)c2ccccc2-c2cccc3oc4ccccc4c23)c(-c2cc3ccccc3c3ccccc23)c1. The van der Waals surface area contributed by atoms with Crippen molar-refractivity contribution >= 4 is 82.4 Å². The number of nitrogens with zero attached hydrogens (tertiary/aromatic N) is 2. The van der Waals surface area contributed by atoms with Gasteiger partial charge >= 0.3 is 0 Å². The van der Waals surface area contributed by atoms with E-state index >= 15 is 0 Å². The van der Waals surface area contributed by atoms with Gasteiger partial charge in [-0.3, -0.25) is 0 Å². The second-order valence-corrected chi connectivity index (χ2v) is 16.8. The van der Waals surface area contributed by atoms with Crippen LogP contribution in [0.25, 0.3) is 104 Å². The van der Waals surface area contributed by atoms with Gasteiger partial charge in [-0.15, -0.1) is 0 Å². The number of hydrogen-bond donors (Lipinski definition) is 0. The lowest BCUT2D eigenvalue weighted by Crippen LogP contribution is -2.12. The van der Waals surface area contributed by atoms with Gasteiger partial charge in [0.25, 0.3) is 0 Å². The van der Waals surface area contributed by atoms with Gasteiger partial charge in [0.1, 0.15) is 11.2 Å². The second-order valence-electron chi connectivity index (χ2n) is 16.8. The van der Waals surface area contributed by atoms with Crippen molar-refractivity contribution in [1.29, 1.82) is 0 Å². The first kappa shape index (κ1) is 36.9. The molecule has 0 N–H and O–H groups in total. The van der Waals surface area contributed by atoms with E-state index in [9.17, 15) is 0 Å². The first-order valence-corrected chi connectivity index (χ1v) is 22.3. The van der Waals surface area contributed by atoms with Gasteiger partial charge in [-0.05, 0) is 98.9 Å². The summed E-state index contributed by atoms with van der Waals surface area (Å²) in [5.41, 5.74) is 15.4. The van der Waals surface area contributed by atoms with Crippen molar-refractivity contribution < 1.29 is 4.42 Å². The Labute approximate surface area is 376 Å². The van der Waals surface area contributed by atoms with Crippen molar-refractivity contribution in [2.24, 2.45) is 0 Å². The second kappa shape index (κ2) is 15.0. The van der Waals surface area contributed by atoms with E-state index in [-0.39, 0.29) is 0 Å². The molecule has 0 aliphatic heterocycles. The van der Waals surface area contributed by atoms with Crippen LogP contribution in [0, 0.1) is 0 Å². The molecule has 0 aliphatic carbocycles. The molecule has 0 unspecified atom stereocenters. The third kappa shape index (κ3) is 5.90. The third-order valence-electron chi connectivity index (χ3n) is 13.2. The highest BCUT2D eigenvalue weighted by Gasteiger charge is 2.24. The summed E-state index contributed by atoms with van der Waals surface area (Å²) in [6.45, 7) is 0. The van der Waals surface area contributed by atoms with E-state index < -0.39 is 0 Å². The molecule has 3 nitrogen and oxygen atoms in total. The first-order valence-electron chi connectivity index (χ1n) is 22.3. The summed E-state index contributed by atoms with van der Waals surface area (Å²) in [5.74, 6) is 0. The van der Waals surface area contributed by atoms with Crippen molar-refractivity contribution in [2.75, 3.05) is 4.90 Å². The maximum absolute atomic E-state index is 6.46. The minimum Gasteiger partial charge on any atom is -0.456 e. The van der Waals surface area contributed by atoms with E-state index in [0.717, 1.165) is 66.9 Å². The van der Waals surface area contributed by atoms with Crippen LogP contribution in [0.5, 0.6) is 0 Å². The van der Waals surface area contributed by atoms with Crippen LogP contribution in [0.2, 0.25) is 0 Å². The molecule has 0 atom stereocenters. The largest absolute Gasteiger partial charge is 0.456 e. The van der Waals surface area contributed by atoms with E-state index in [0.29, 0.717) is 0 Å². The lowest BCUT2D eigenvalue weighted by Gasteiger charge is -2.30. The van der Waals surface area contributed by atoms with E-state index in [2.05, 4.69) is 246 Å². The minimum absolute atomic E-state index is 0.874. The fourth-order valence-corrected chi connectivity index (χ4v) is 10.4. The molecule has 0 fully saturated rings. The number of aromatic nitrogens is 1. The molecule has 2 aromatic heterocycles. The third-order valence-corrected chi connectivity index (χ3v) is 13.2. The van der Waals surface area contributed by atoms with Gasteiger partial charge in [0, 0.05) is 43.9 Å². The highest BCUT2D eigenvalue weighted by atomic mass is 16.3. The molecule has 0 bridgehead atoms. The average molecular weight is 829 g/mol. The van der Waals surface area contributed by atoms with E-state index in [1.807, 2.05) is 6.07 Å². The molecule has 0 spiro atoms. The molecule has 13 aromatic rings. The molecule has 0 radical (unpaired) electrons. The van der Waals surface area contributed by atoms with E-state index in [1.165, 1.54) is 54.5 Å². The molecule has 0 saturated carbocycles. The van der Waals surface area contributed by atoms with Crippen LogP contribution in [-0.4, -0.2) is 4.57 Å². The maximum Gasteiger partial charge on any atom is 0.136 e. The normalized spacial score (nSPS) is 11.7.